The molecule has 7 heteroatoms. The van der Waals surface area contributed by atoms with Gasteiger partial charge >= 0.3 is 5.97 Å². The van der Waals surface area contributed by atoms with Crippen molar-refractivity contribution in [2.24, 2.45) is 0 Å². The average molecular weight is 348 g/mol. The third kappa shape index (κ3) is 2.73. The quantitative estimate of drug-likeness (QED) is 0.784. The van der Waals surface area contributed by atoms with Crippen LogP contribution in [0.25, 0.3) is 11.3 Å². The van der Waals surface area contributed by atoms with Gasteiger partial charge in [0.1, 0.15) is 18.0 Å². The van der Waals surface area contributed by atoms with E-state index >= 15 is 0 Å². The van der Waals surface area contributed by atoms with E-state index in [4.69, 9.17) is 4.42 Å². The lowest BCUT2D eigenvalue weighted by Crippen LogP contribution is -2.05. The van der Waals surface area contributed by atoms with E-state index in [1.165, 1.54) is 4.68 Å². The molecule has 2 aromatic heterocycles. The molecule has 0 fully saturated rings. The van der Waals surface area contributed by atoms with Crippen molar-refractivity contribution in [2.75, 3.05) is 0 Å². The van der Waals surface area contributed by atoms with E-state index in [1.807, 2.05) is 30.3 Å². The topological polar surface area (TPSA) is 81.1 Å². The zero-order valence-corrected chi connectivity index (χ0v) is 12.3. The van der Waals surface area contributed by atoms with Crippen LogP contribution in [-0.4, -0.2) is 26.1 Å². The zero-order valence-electron chi connectivity index (χ0n) is 10.7. The van der Waals surface area contributed by atoms with Gasteiger partial charge in [-0.2, -0.15) is 0 Å². The monoisotopic (exact) mass is 347 g/mol. The summed E-state index contributed by atoms with van der Waals surface area (Å²) >= 11 is 3.23. The van der Waals surface area contributed by atoms with Gasteiger partial charge in [0, 0.05) is 5.56 Å². The molecule has 0 saturated heterocycles. The Hall–Kier alpha value is -2.41. The molecule has 0 aliphatic carbocycles. The number of carboxylic acids is 1. The van der Waals surface area contributed by atoms with E-state index in [2.05, 4.69) is 26.2 Å². The maximum atomic E-state index is 11.3. The number of benzene rings is 1. The van der Waals surface area contributed by atoms with E-state index in [0.29, 0.717) is 22.7 Å². The second-order valence-corrected chi connectivity index (χ2v) is 5.10. The first-order valence-corrected chi connectivity index (χ1v) is 6.91. The molecule has 3 aromatic rings. The lowest BCUT2D eigenvalue weighted by Gasteiger charge is -2.05. The summed E-state index contributed by atoms with van der Waals surface area (Å²) in [6.45, 7) is 0.302. The Labute approximate surface area is 128 Å². The number of carboxylic acid groups (broad SMARTS) is 1. The highest BCUT2D eigenvalue weighted by Gasteiger charge is 2.21. The normalized spacial score (nSPS) is 10.7. The maximum Gasteiger partial charge on any atom is 0.358 e. The lowest BCUT2D eigenvalue weighted by molar-refractivity contribution is 0.0691. The summed E-state index contributed by atoms with van der Waals surface area (Å²) in [5.41, 5.74) is 1.12. The molecule has 21 heavy (non-hydrogen) atoms. The second-order valence-electron chi connectivity index (χ2n) is 4.32. The van der Waals surface area contributed by atoms with Gasteiger partial charge in [-0.05, 0) is 28.1 Å². The third-order valence-electron chi connectivity index (χ3n) is 2.92. The summed E-state index contributed by atoms with van der Waals surface area (Å²) in [5, 5.41) is 16.9. The molecular formula is C14H10BrN3O3. The van der Waals surface area contributed by atoms with Crippen molar-refractivity contribution < 1.29 is 14.3 Å². The van der Waals surface area contributed by atoms with E-state index in [9.17, 15) is 9.90 Å². The number of hydrogen-bond donors (Lipinski definition) is 1. The van der Waals surface area contributed by atoms with Crippen molar-refractivity contribution in [2.45, 2.75) is 6.54 Å². The molecule has 1 aromatic carbocycles. The molecule has 0 bridgehead atoms. The predicted molar refractivity (Wildman–Crippen MR) is 77.9 cm³/mol. The average Bonchev–Trinajstić information content (AvgIpc) is 3.07. The summed E-state index contributed by atoms with van der Waals surface area (Å²) in [6.07, 6.45) is 0. The summed E-state index contributed by atoms with van der Waals surface area (Å²) < 4.78 is 7.56. The lowest BCUT2D eigenvalue weighted by atomic mass is 10.1. The highest BCUT2D eigenvalue weighted by Crippen LogP contribution is 2.24. The fraction of sp³-hybridized carbons (Fsp3) is 0.0714. The molecule has 106 valence electrons. The standard InChI is InChI=1S/C14H10BrN3O3/c15-11-7-6-10(21-11)8-18-13(9-4-2-1-3-5-9)12(14(19)20)16-17-18/h1-7H,8H2,(H,19,20). The molecule has 6 nitrogen and oxygen atoms in total. The SMILES string of the molecule is O=C(O)c1nnn(Cc2ccc(Br)o2)c1-c1ccccc1. The molecule has 1 N–H and O–H groups in total. The summed E-state index contributed by atoms with van der Waals surface area (Å²) in [7, 11) is 0. The molecule has 3 rings (SSSR count). The van der Waals surface area contributed by atoms with Crippen LogP contribution in [0.1, 0.15) is 16.2 Å². The van der Waals surface area contributed by atoms with E-state index in [1.54, 1.807) is 12.1 Å². The van der Waals surface area contributed by atoms with Crippen LogP contribution in [0.15, 0.2) is 51.6 Å². The van der Waals surface area contributed by atoms with Crippen LogP contribution in [0, 0.1) is 0 Å². The van der Waals surface area contributed by atoms with Gasteiger partial charge in [0.2, 0.25) is 0 Å². The van der Waals surface area contributed by atoms with Gasteiger partial charge in [0.15, 0.2) is 10.4 Å². The smallest absolute Gasteiger partial charge is 0.358 e. The summed E-state index contributed by atoms with van der Waals surface area (Å²) in [5.74, 6) is -0.457. The van der Waals surface area contributed by atoms with Crippen LogP contribution < -0.4 is 0 Å². The highest BCUT2D eigenvalue weighted by molar-refractivity contribution is 9.10. The van der Waals surface area contributed by atoms with Crippen LogP contribution in [-0.2, 0) is 6.54 Å². The summed E-state index contributed by atoms with van der Waals surface area (Å²) in [6, 6.07) is 12.7. The van der Waals surface area contributed by atoms with E-state index < -0.39 is 5.97 Å². The molecule has 0 unspecified atom stereocenters. The number of halogens is 1. The maximum absolute atomic E-state index is 11.3. The van der Waals surface area contributed by atoms with Gasteiger partial charge in [0.05, 0.1) is 0 Å². The molecule has 0 aliphatic heterocycles. The molecule has 0 amide bonds. The number of hydrogen-bond acceptors (Lipinski definition) is 4. The Morgan fingerprint density at radius 2 is 2.00 bits per heavy atom. The Morgan fingerprint density at radius 1 is 1.24 bits per heavy atom. The van der Waals surface area contributed by atoms with Gasteiger partial charge in [-0.3, -0.25) is 0 Å². The van der Waals surface area contributed by atoms with Crippen molar-refractivity contribution in [3.8, 4) is 11.3 Å². The first-order valence-electron chi connectivity index (χ1n) is 6.11. The van der Waals surface area contributed by atoms with Gasteiger partial charge in [-0.15, -0.1) is 5.10 Å². The highest BCUT2D eigenvalue weighted by atomic mass is 79.9. The van der Waals surface area contributed by atoms with Crippen molar-refractivity contribution in [3.63, 3.8) is 0 Å². The summed E-state index contributed by atoms with van der Waals surface area (Å²) in [4.78, 5) is 11.3. The van der Waals surface area contributed by atoms with Crippen LogP contribution in [0.2, 0.25) is 0 Å². The van der Waals surface area contributed by atoms with Crippen LogP contribution in [0.4, 0.5) is 0 Å². The molecule has 2 heterocycles. The number of aromatic carboxylic acids is 1. The molecule has 0 radical (unpaired) electrons. The van der Waals surface area contributed by atoms with E-state index in [0.717, 1.165) is 5.56 Å². The first-order chi connectivity index (χ1) is 10.1. The minimum Gasteiger partial charge on any atom is -0.476 e. The molecule has 0 saturated carbocycles. The number of furan rings is 1. The van der Waals surface area contributed by atoms with Crippen LogP contribution in [0.5, 0.6) is 0 Å². The minimum absolute atomic E-state index is 0.0770. The van der Waals surface area contributed by atoms with Crippen molar-refractivity contribution in [3.05, 3.63) is 58.6 Å². The molecule has 0 spiro atoms. The van der Waals surface area contributed by atoms with Gasteiger partial charge in [-0.1, -0.05) is 35.5 Å². The molecular weight excluding hydrogens is 338 g/mol. The molecule has 0 atom stereocenters. The first kappa shape index (κ1) is 13.6. The Bertz CT molecular complexity index is 780. The van der Waals surface area contributed by atoms with Crippen molar-refractivity contribution >= 4 is 21.9 Å². The molecule has 0 aliphatic rings. The van der Waals surface area contributed by atoms with E-state index in [-0.39, 0.29) is 5.69 Å². The Morgan fingerprint density at radius 3 is 2.62 bits per heavy atom. The van der Waals surface area contributed by atoms with Crippen molar-refractivity contribution in [1.29, 1.82) is 0 Å². The largest absolute Gasteiger partial charge is 0.476 e. The number of nitrogens with zero attached hydrogens (tertiary/aromatic N) is 3. The zero-order chi connectivity index (χ0) is 14.8. The number of aromatic nitrogens is 3. The van der Waals surface area contributed by atoms with Gasteiger partial charge in [-0.25, -0.2) is 9.48 Å². The fourth-order valence-electron chi connectivity index (χ4n) is 2.03. The third-order valence-corrected chi connectivity index (χ3v) is 3.35. The Balaban J connectivity index is 2.07. The second kappa shape index (κ2) is 5.53. The Kier molecular flexibility index (Phi) is 3.57. The number of rotatable bonds is 4. The minimum atomic E-state index is -1.11. The van der Waals surface area contributed by atoms with Crippen LogP contribution >= 0.6 is 15.9 Å². The van der Waals surface area contributed by atoms with Gasteiger partial charge < -0.3 is 9.52 Å². The fourth-order valence-corrected chi connectivity index (χ4v) is 2.37. The van der Waals surface area contributed by atoms with Crippen LogP contribution in [0.3, 0.4) is 0 Å². The van der Waals surface area contributed by atoms with Crippen molar-refractivity contribution in [1.82, 2.24) is 15.0 Å². The van der Waals surface area contributed by atoms with Gasteiger partial charge in [0.25, 0.3) is 0 Å². The number of carbonyl (C=O) groups is 1. The predicted octanol–water partition coefficient (Wildman–Crippen LogP) is 3.05.